The average molecular weight is 296 g/mol. The van der Waals surface area contributed by atoms with Gasteiger partial charge in [-0.2, -0.15) is 0 Å². The summed E-state index contributed by atoms with van der Waals surface area (Å²) < 4.78 is 22.6. The highest BCUT2D eigenvalue weighted by Gasteiger charge is 2.31. The summed E-state index contributed by atoms with van der Waals surface area (Å²) in [5, 5.41) is 9.17. The number of nitrogens with zero attached hydrogens (tertiary/aromatic N) is 1. The Morgan fingerprint density at radius 1 is 1.37 bits per heavy atom. The minimum atomic E-state index is -3.27. The van der Waals surface area contributed by atoms with Crippen molar-refractivity contribution in [3.05, 3.63) is 0 Å². The van der Waals surface area contributed by atoms with Crippen LogP contribution in [0.15, 0.2) is 0 Å². The van der Waals surface area contributed by atoms with Crippen LogP contribution in [0.4, 0.5) is 0 Å². The number of carbonyl (C=O) groups is 1. The maximum atomic E-state index is 12.3. The molecule has 0 aliphatic heterocycles. The van der Waals surface area contributed by atoms with Crippen LogP contribution in [0.2, 0.25) is 0 Å². The number of hydrogen-bond acceptors (Lipinski definition) is 6. The summed E-state index contributed by atoms with van der Waals surface area (Å²) in [7, 11) is -1.67. The van der Waals surface area contributed by atoms with E-state index < -0.39 is 19.6 Å². The number of carboxylic acid groups (broad SMARTS) is 1. The zero-order chi connectivity index (χ0) is 14.9. The number of carboxylic acids is 1. The molecule has 0 amide bonds. The third kappa shape index (κ3) is 7.03. The van der Waals surface area contributed by atoms with Crippen LogP contribution in [0.5, 0.6) is 0 Å². The van der Waals surface area contributed by atoms with Gasteiger partial charge in [-0.3, -0.25) is 14.3 Å². The number of rotatable bonds is 11. The smallest absolute Gasteiger partial charge is 0.344 e. The molecule has 0 aliphatic rings. The van der Waals surface area contributed by atoms with Gasteiger partial charge in [-0.15, -0.1) is 0 Å². The van der Waals surface area contributed by atoms with Crippen molar-refractivity contribution in [3.63, 3.8) is 0 Å². The molecule has 0 spiro atoms. The van der Waals surface area contributed by atoms with Crippen molar-refractivity contribution in [1.29, 1.82) is 0 Å². The maximum Gasteiger partial charge on any atom is 0.344 e. The fourth-order valence-electron chi connectivity index (χ4n) is 1.73. The Balaban J connectivity index is 4.69. The molecule has 0 fully saturated rings. The molecule has 114 valence electrons. The Labute approximate surface area is 114 Å². The second-order valence-corrected chi connectivity index (χ2v) is 6.15. The first kappa shape index (κ1) is 18.5. The molecule has 0 aromatic carbocycles. The highest BCUT2D eigenvalue weighted by atomic mass is 31.2. The van der Waals surface area contributed by atoms with Gasteiger partial charge >= 0.3 is 13.6 Å². The van der Waals surface area contributed by atoms with Gasteiger partial charge in [-0.05, 0) is 40.3 Å². The molecule has 0 aromatic heterocycles. The zero-order valence-electron chi connectivity index (χ0n) is 11.9. The molecule has 8 heteroatoms. The normalized spacial score (nSPS) is 13.7. The second kappa shape index (κ2) is 9.44. The van der Waals surface area contributed by atoms with Crippen LogP contribution in [-0.2, 0) is 18.4 Å². The van der Waals surface area contributed by atoms with E-state index in [-0.39, 0.29) is 19.5 Å². The van der Waals surface area contributed by atoms with Crippen molar-refractivity contribution in [2.45, 2.75) is 32.7 Å². The Morgan fingerprint density at radius 2 is 1.89 bits per heavy atom. The van der Waals surface area contributed by atoms with E-state index in [1.165, 1.54) is 4.90 Å². The van der Waals surface area contributed by atoms with E-state index >= 15 is 0 Å². The molecule has 0 rings (SSSR count). The van der Waals surface area contributed by atoms with E-state index in [0.29, 0.717) is 19.4 Å². The van der Waals surface area contributed by atoms with E-state index in [9.17, 15) is 14.5 Å². The Morgan fingerprint density at radius 3 is 2.26 bits per heavy atom. The van der Waals surface area contributed by atoms with Gasteiger partial charge in [0.15, 0.2) is 0 Å². The van der Waals surface area contributed by atoms with Gasteiger partial charge in [0.25, 0.3) is 0 Å². The molecule has 0 saturated heterocycles. The molecule has 3 N–H and O–H groups in total. The molecule has 0 saturated carbocycles. The molecule has 0 aliphatic carbocycles. The molecular formula is C11H25N2O5P. The topological polar surface area (TPSA) is 102 Å². The van der Waals surface area contributed by atoms with Gasteiger partial charge in [-0.1, -0.05) is 0 Å². The van der Waals surface area contributed by atoms with E-state index in [1.54, 1.807) is 20.9 Å². The van der Waals surface area contributed by atoms with E-state index in [0.717, 1.165) is 0 Å². The first-order chi connectivity index (χ1) is 8.90. The predicted molar refractivity (Wildman–Crippen MR) is 73.2 cm³/mol. The fourth-order valence-corrected chi connectivity index (χ4v) is 3.50. The number of likely N-dealkylation sites (N-methyl/N-ethyl adjacent to an activating group) is 1. The van der Waals surface area contributed by atoms with Crippen molar-refractivity contribution in [3.8, 4) is 0 Å². The fraction of sp³-hybridized carbons (Fsp3) is 0.909. The third-order valence-corrected chi connectivity index (χ3v) is 4.64. The highest BCUT2D eigenvalue weighted by Crippen LogP contribution is 2.48. The maximum absolute atomic E-state index is 12.3. The first-order valence-corrected chi connectivity index (χ1v) is 8.14. The molecular weight excluding hydrogens is 271 g/mol. The summed E-state index contributed by atoms with van der Waals surface area (Å²) in [6.45, 7) is 4.37. The summed E-state index contributed by atoms with van der Waals surface area (Å²) in [4.78, 5) is 12.7. The Hall–Kier alpha value is -0.460. The lowest BCUT2D eigenvalue weighted by atomic mass is 10.1. The van der Waals surface area contributed by atoms with Crippen molar-refractivity contribution >= 4 is 13.6 Å². The minimum absolute atomic E-state index is 0.0454. The molecule has 0 bridgehead atoms. The molecule has 19 heavy (non-hydrogen) atoms. The van der Waals surface area contributed by atoms with Crippen LogP contribution in [0, 0.1) is 0 Å². The Bertz CT molecular complexity index is 303. The van der Waals surface area contributed by atoms with Crippen LogP contribution in [0.1, 0.15) is 26.7 Å². The van der Waals surface area contributed by atoms with Crippen molar-refractivity contribution in [2.75, 3.05) is 33.1 Å². The molecule has 0 heterocycles. The summed E-state index contributed by atoms with van der Waals surface area (Å²) in [5.41, 5.74) is 5.38. The molecule has 0 aromatic rings. The van der Waals surface area contributed by atoms with Crippen LogP contribution in [0.3, 0.4) is 0 Å². The van der Waals surface area contributed by atoms with Crippen LogP contribution < -0.4 is 5.73 Å². The molecule has 7 nitrogen and oxygen atoms in total. The van der Waals surface area contributed by atoms with E-state index in [4.69, 9.17) is 14.8 Å². The van der Waals surface area contributed by atoms with Crippen molar-refractivity contribution in [2.24, 2.45) is 5.73 Å². The second-order valence-electron chi connectivity index (χ2n) is 4.13. The van der Waals surface area contributed by atoms with Crippen molar-refractivity contribution in [1.82, 2.24) is 4.90 Å². The van der Waals surface area contributed by atoms with Gasteiger partial charge < -0.3 is 19.9 Å². The summed E-state index contributed by atoms with van der Waals surface area (Å²) >= 11 is 0. The third-order valence-electron chi connectivity index (χ3n) is 2.55. The molecule has 1 atom stereocenters. The standard InChI is InChI=1S/C11H25N2O5P/c1-4-17-19(16,18-5-2)9-13(3)10(11(14)15)7-6-8-12/h10H,4-9,12H2,1-3H3,(H,14,15)/t10-/m0/s1. The Kier molecular flexibility index (Phi) is 9.22. The summed E-state index contributed by atoms with van der Waals surface area (Å²) in [6.07, 6.45) is 0.950. The van der Waals surface area contributed by atoms with Crippen LogP contribution in [-0.4, -0.2) is 55.1 Å². The lowest BCUT2D eigenvalue weighted by Crippen LogP contribution is -2.39. The number of aliphatic carboxylic acids is 1. The van der Waals surface area contributed by atoms with Gasteiger partial charge in [0.1, 0.15) is 12.3 Å². The minimum Gasteiger partial charge on any atom is -0.480 e. The molecule has 0 radical (unpaired) electrons. The monoisotopic (exact) mass is 296 g/mol. The van der Waals surface area contributed by atoms with Crippen LogP contribution >= 0.6 is 7.60 Å². The SMILES string of the molecule is CCOP(=O)(CN(C)[C@@H](CCCN)C(=O)O)OCC. The molecule has 0 unspecified atom stereocenters. The zero-order valence-corrected chi connectivity index (χ0v) is 12.8. The van der Waals surface area contributed by atoms with Crippen LogP contribution in [0.25, 0.3) is 0 Å². The van der Waals surface area contributed by atoms with Crippen molar-refractivity contribution < 1.29 is 23.5 Å². The van der Waals surface area contributed by atoms with Gasteiger partial charge in [0.05, 0.1) is 13.2 Å². The largest absolute Gasteiger partial charge is 0.480 e. The predicted octanol–water partition coefficient (Wildman–Crippen LogP) is 1.33. The highest BCUT2D eigenvalue weighted by molar-refractivity contribution is 7.53. The lowest BCUT2D eigenvalue weighted by molar-refractivity contribution is -0.142. The number of hydrogen-bond donors (Lipinski definition) is 2. The van der Waals surface area contributed by atoms with Gasteiger partial charge in [0.2, 0.25) is 0 Å². The van der Waals surface area contributed by atoms with Gasteiger partial charge in [-0.25, -0.2) is 0 Å². The lowest BCUT2D eigenvalue weighted by Gasteiger charge is -2.28. The first-order valence-electron chi connectivity index (χ1n) is 6.41. The summed E-state index contributed by atoms with van der Waals surface area (Å²) in [6, 6.07) is -0.738. The quantitative estimate of drug-likeness (QED) is 0.554. The average Bonchev–Trinajstić information content (AvgIpc) is 2.29. The number of nitrogens with two attached hydrogens (primary N) is 1. The van der Waals surface area contributed by atoms with E-state index in [1.807, 2.05) is 0 Å². The summed E-state index contributed by atoms with van der Waals surface area (Å²) in [5.74, 6) is -0.963. The van der Waals surface area contributed by atoms with Gasteiger partial charge in [0, 0.05) is 0 Å². The van der Waals surface area contributed by atoms with E-state index in [2.05, 4.69) is 0 Å².